The zero-order chi connectivity index (χ0) is 19.8. The first-order chi connectivity index (χ1) is 13.7. The number of methoxy groups -OCH3 is 2. The molecule has 3 aromatic rings. The molecule has 1 amide bonds. The van der Waals surface area contributed by atoms with Gasteiger partial charge >= 0.3 is 0 Å². The molecule has 1 aromatic carbocycles. The molecule has 7 nitrogen and oxygen atoms in total. The summed E-state index contributed by atoms with van der Waals surface area (Å²) in [6.07, 6.45) is 5.18. The maximum absolute atomic E-state index is 12.3. The summed E-state index contributed by atoms with van der Waals surface area (Å²) in [5.41, 5.74) is 3.16. The Hall–Kier alpha value is -3.61. The second kappa shape index (κ2) is 9.36. The summed E-state index contributed by atoms with van der Waals surface area (Å²) in [5, 5.41) is 6.10. The van der Waals surface area contributed by atoms with E-state index in [-0.39, 0.29) is 5.91 Å². The lowest BCUT2D eigenvalue weighted by Crippen LogP contribution is -2.23. The van der Waals surface area contributed by atoms with Gasteiger partial charge < -0.3 is 20.1 Å². The van der Waals surface area contributed by atoms with Gasteiger partial charge in [0.15, 0.2) is 11.5 Å². The van der Waals surface area contributed by atoms with Gasteiger partial charge in [-0.1, -0.05) is 12.1 Å². The fraction of sp³-hybridized carbons (Fsp3) is 0.190. The van der Waals surface area contributed by atoms with Gasteiger partial charge in [0.05, 0.1) is 26.1 Å². The molecule has 0 unspecified atom stereocenters. The van der Waals surface area contributed by atoms with E-state index in [2.05, 4.69) is 20.6 Å². The van der Waals surface area contributed by atoms with Crippen LogP contribution in [0.25, 0.3) is 0 Å². The number of aromatic nitrogens is 2. The lowest BCUT2D eigenvalue weighted by atomic mass is 10.2. The minimum absolute atomic E-state index is 0.242. The fourth-order valence-electron chi connectivity index (χ4n) is 2.60. The van der Waals surface area contributed by atoms with Crippen LogP contribution in [0.1, 0.15) is 21.6 Å². The molecule has 28 heavy (non-hydrogen) atoms. The number of ether oxygens (including phenoxy) is 2. The van der Waals surface area contributed by atoms with E-state index in [9.17, 15) is 4.79 Å². The van der Waals surface area contributed by atoms with E-state index in [4.69, 9.17) is 9.47 Å². The molecule has 0 aliphatic heterocycles. The number of pyridine rings is 2. The van der Waals surface area contributed by atoms with Gasteiger partial charge in [-0.2, -0.15) is 0 Å². The molecule has 2 aromatic heterocycles. The van der Waals surface area contributed by atoms with Gasteiger partial charge in [-0.05, 0) is 41.5 Å². The van der Waals surface area contributed by atoms with Crippen LogP contribution in [0.5, 0.6) is 11.5 Å². The number of rotatable bonds is 8. The highest BCUT2D eigenvalue weighted by molar-refractivity contribution is 5.92. The number of carbonyl (C=O) groups excluding carboxylic acids is 1. The van der Waals surface area contributed by atoms with Crippen LogP contribution in [-0.2, 0) is 13.1 Å². The van der Waals surface area contributed by atoms with Gasteiger partial charge in [0.2, 0.25) is 0 Å². The Morgan fingerprint density at radius 1 is 0.964 bits per heavy atom. The van der Waals surface area contributed by atoms with Crippen LogP contribution in [0.2, 0.25) is 0 Å². The molecular formula is C21H22N4O3. The molecule has 0 radical (unpaired) electrons. The molecule has 7 heteroatoms. The minimum atomic E-state index is -0.242. The third kappa shape index (κ3) is 4.97. The Kier molecular flexibility index (Phi) is 6.41. The summed E-state index contributed by atoms with van der Waals surface area (Å²) in [7, 11) is 3.16. The van der Waals surface area contributed by atoms with Crippen molar-refractivity contribution < 1.29 is 14.3 Å². The minimum Gasteiger partial charge on any atom is -0.493 e. The summed E-state index contributed by atoms with van der Waals surface area (Å²) < 4.78 is 10.5. The van der Waals surface area contributed by atoms with Crippen LogP contribution in [0.4, 0.5) is 5.69 Å². The lowest BCUT2D eigenvalue weighted by Gasteiger charge is -2.10. The SMILES string of the molecule is COc1ccc(CNC(=O)c2ccc(NCc3cccnc3)cn2)cc1OC. The Labute approximate surface area is 163 Å². The third-order valence-corrected chi connectivity index (χ3v) is 4.12. The van der Waals surface area contributed by atoms with E-state index >= 15 is 0 Å². The molecule has 0 spiro atoms. The van der Waals surface area contributed by atoms with E-state index in [0.29, 0.717) is 30.3 Å². The molecule has 144 valence electrons. The molecule has 2 heterocycles. The van der Waals surface area contributed by atoms with E-state index in [0.717, 1.165) is 16.8 Å². The second-order valence-corrected chi connectivity index (χ2v) is 6.02. The molecular weight excluding hydrogens is 356 g/mol. The van der Waals surface area contributed by atoms with Crippen LogP contribution in [0, 0.1) is 0 Å². The Morgan fingerprint density at radius 3 is 2.50 bits per heavy atom. The standard InChI is InChI=1S/C21H22N4O3/c1-27-19-8-5-15(10-20(19)28-2)12-25-21(26)18-7-6-17(14-24-18)23-13-16-4-3-9-22-11-16/h3-11,14,23H,12-13H2,1-2H3,(H,25,26). The fourth-order valence-corrected chi connectivity index (χ4v) is 2.60. The van der Waals surface area contributed by atoms with E-state index in [1.165, 1.54) is 0 Å². The number of hydrogen-bond acceptors (Lipinski definition) is 6. The summed E-state index contributed by atoms with van der Waals surface area (Å²) in [4.78, 5) is 20.6. The molecule has 0 saturated heterocycles. The number of nitrogens with one attached hydrogen (secondary N) is 2. The number of carbonyl (C=O) groups is 1. The molecule has 2 N–H and O–H groups in total. The molecule has 0 saturated carbocycles. The van der Waals surface area contributed by atoms with Gasteiger partial charge in [-0.15, -0.1) is 0 Å². The third-order valence-electron chi connectivity index (χ3n) is 4.12. The lowest BCUT2D eigenvalue weighted by molar-refractivity contribution is 0.0946. The van der Waals surface area contributed by atoms with Crippen molar-refractivity contribution in [3.05, 3.63) is 77.9 Å². The largest absolute Gasteiger partial charge is 0.493 e. The van der Waals surface area contributed by atoms with Gasteiger partial charge in [0.1, 0.15) is 5.69 Å². The molecule has 0 aliphatic rings. The Morgan fingerprint density at radius 2 is 1.82 bits per heavy atom. The van der Waals surface area contributed by atoms with E-state index < -0.39 is 0 Å². The zero-order valence-electron chi connectivity index (χ0n) is 15.8. The summed E-state index contributed by atoms with van der Waals surface area (Å²) in [6.45, 7) is 1.00. The average Bonchev–Trinajstić information content (AvgIpc) is 2.76. The summed E-state index contributed by atoms with van der Waals surface area (Å²) >= 11 is 0. The number of benzene rings is 1. The van der Waals surface area contributed by atoms with Crippen LogP contribution in [0.15, 0.2) is 61.1 Å². The predicted molar refractivity (Wildman–Crippen MR) is 107 cm³/mol. The number of hydrogen-bond donors (Lipinski definition) is 2. The van der Waals surface area contributed by atoms with Crippen LogP contribution in [0.3, 0.4) is 0 Å². The van der Waals surface area contributed by atoms with Gasteiger partial charge in [-0.3, -0.25) is 9.78 Å². The van der Waals surface area contributed by atoms with Crippen LogP contribution >= 0.6 is 0 Å². The maximum atomic E-state index is 12.3. The monoisotopic (exact) mass is 378 g/mol. The van der Waals surface area contributed by atoms with Crippen molar-refractivity contribution in [2.24, 2.45) is 0 Å². The first kappa shape index (κ1) is 19.2. The summed E-state index contributed by atoms with van der Waals surface area (Å²) in [5.74, 6) is 1.03. The van der Waals surface area contributed by atoms with Crippen molar-refractivity contribution >= 4 is 11.6 Å². The first-order valence-electron chi connectivity index (χ1n) is 8.77. The van der Waals surface area contributed by atoms with Gasteiger partial charge in [0, 0.05) is 25.5 Å². The van der Waals surface area contributed by atoms with E-state index in [1.54, 1.807) is 44.9 Å². The maximum Gasteiger partial charge on any atom is 0.270 e. The molecule has 0 bridgehead atoms. The molecule has 3 rings (SSSR count). The smallest absolute Gasteiger partial charge is 0.270 e. The quantitative estimate of drug-likeness (QED) is 0.627. The number of amides is 1. The van der Waals surface area contributed by atoms with Crippen molar-refractivity contribution in [3.63, 3.8) is 0 Å². The van der Waals surface area contributed by atoms with Gasteiger partial charge in [0.25, 0.3) is 5.91 Å². The Bertz CT molecular complexity index is 915. The van der Waals surface area contributed by atoms with Crippen molar-refractivity contribution in [2.75, 3.05) is 19.5 Å². The number of anilines is 1. The average molecular weight is 378 g/mol. The topological polar surface area (TPSA) is 85.4 Å². The zero-order valence-corrected chi connectivity index (χ0v) is 15.8. The predicted octanol–water partition coefficient (Wildman–Crippen LogP) is 3.04. The second-order valence-electron chi connectivity index (χ2n) is 6.02. The molecule has 0 aliphatic carbocycles. The summed E-state index contributed by atoms with van der Waals surface area (Å²) in [6, 6.07) is 12.9. The molecule has 0 fully saturated rings. The van der Waals surface area contributed by atoms with Crippen molar-refractivity contribution in [1.82, 2.24) is 15.3 Å². The highest BCUT2D eigenvalue weighted by Gasteiger charge is 2.09. The number of nitrogens with zero attached hydrogens (tertiary/aromatic N) is 2. The Balaban J connectivity index is 1.54. The van der Waals surface area contributed by atoms with Crippen molar-refractivity contribution in [1.29, 1.82) is 0 Å². The van der Waals surface area contributed by atoms with Crippen molar-refractivity contribution in [3.8, 4) is 11.5 Å². The normalized spacial score (nSPS) is 10.2. The van der Waals surface area contributed by atoms with Crippen LogP contribution in [-0.4, -0.2) is 30.1 Å². The highest BCUT2D eigenvalue weighted by atomic mass is 16.5. The van der Waals surface area contributed by atoms with Gasteiger partial charge in [-0.25, -0.2) is 4.98 Å². The molecule has 0 atom stereocenters. The highest BCUT2D eigenvalue weighted by Crippen LogP contribution is 2.27. The van der Waals surface area contributed by atoms with Crippen molar-refractivity contribution in [2.45, 2.75) is 13.1 Å². The van der Waals surface area contributed by atoms with E-state index in [1.807, 2.05) is 30.3 Å². The van der Waals surface area contributed by atoms with Crippen LogP contribution < -0.4 is 20.1 Å². The first-order valence-corrected chi connectivity index (χ1v) is 8.77.